The molecule has 3 saturated carbocycles. The van der Waals surface area contributed by atoms with Crippen molar-refractivity contribution in [3.63, 3.8) is 0 Å². The van der Waals surface area contributed by atoms with Crippen LogP contribution in [-0.4, -0.2) is 17.4 Å². The van der Waals surface area contributed by atoms with Gasteiger partial charge in [0.2, 0.25) is 0 Å². The summed E-state index contributed by atoms with van der Waals surface area (Å²) in [6.45, 7) is 4.69. The molecule has 0 aromatic carbocycles. The molecule has 3 heteroatoms. The van der Waals surface area contributed by atoms with Gasteiger partial charge in [-0.25, -0.2) is 0 Å². The Morgan fingerprint density at radius 3 is 2.65 bits per heavy atom. The molecule has 1 N–H and O–H groups in total. The van der Waals surface area contributed by atoms with Crippen molar-refractivity contribution in [2.24, 2.45) is 29.1 Å². The van der Waals surface area contributed by atoms with E-state index in [2.05, 4.69) is 26.0 Å². The molecule has 0 aromatic heterocycles. The maximum atomic E-state index is 11.3. The van der Waals surface area contributed by atoms with Gasteiger partial charge in [-0.05, 0) is 55.3 Å². The van der Waals surface area contributed by atoms with Gasteiger partial charge in [0, 0.05) is 12.3 Å². The number of fused-ring (bicyclic) bond motifs is 2. The second-order valence-corrected chi connectivity index (χ2v) is 7.05. The zero-order valence-corrected chi connectivity index (χ0v) is 12.5. The van der Waals surface area contributed by atoms with Gasteiger partial charge in [-0.2, -0.15) is 0 Å². The Hall–Kier alpha value is -1.12. The molecule has 0 heterocycles. The van der Waals surface area contributed by atoms with Crippen LogP contribution in [-0.2, 0) is 9.59 Å². The number of carbonyl (C=O) groups excluding carboxylic acids is 1. The summed E-state index contributed by atoms with van der Waals surface area (Å²) >= 11 is 0. The van der Waals surface area contributed by atoms with Crippen LogP contribution in [0.3, 0.4) is 0 Å². The highest BCUT2D eigenvalue weighted by Gasteiger charge is 2.56. The van der Waals surface area contributed by atoms with Crippen LogP contribution in [0.2, 0.25) is 0 Å². The summed E-state index contributed by atoms with van der Waals surface area (Å²) in [5, 5.41) is 8.58. The highest BCUT2D eigenvalue weighted by atomic mass is 16.4. The van der Waals surface area contributed by atoms with Crippen LogP contribution in [0.1, 0.15) is 52.4 Å². The molecule has 0 aromatic rings. The third-order valence-corrected chi connectivity index (χ3v) is 5.68. The van der Waals surface area contributed by atoms with E-state index in [4.69, 9.17) is 5.11 Å². The number of hydrogen-bond donors (Lipinski definition) is 1. The lowest BCUT2D eigenvalue weighted by Crippen LogP contribution is -2.55. The summed E-state index contributed by atoms with van der Waals surface area (Å²) in [6, 6.07) is 0. The Kier molecular flexibility index (Phi) is 4.66. The van der Waals surface area contributed by atoms with Gasteiger partial charge in [-0.3, -0.25) is 4.79 Å². The first kappa shape index (κ1) is 15.3. The Morgan fingerprint density at radius 1 is 1.30 bits per heavy atom. The monoisotopic (exact) mass is 278 g/mol. The van der Waals surface area contributed by atoms with E-state index in [1.807, 2.05) is 0 Å². The lowest BCUT2D eigenvalue weighted by Gasteiger charge is -2.62. The van der Waals surface area contributed by atoms with Crippen LogP contribution in [0, 0.1) is 29.1 Å². The second kappa shape index (κ2) is 6.11. The van der Waals surface area contributed by atoms with Crippen LogP contribution in [0.15, 0.2) is 12.2 Å². The maximum Gasteiger partial charge on any atom is 0.303 e. The Morgan fingerprint density at radius 2 is 2.05 bits per heavy atom. The number of aliphatic carboxylic acids is 1. The molecule has 4 atom stereocenters. The number of hydrogen-bond acceptors (Lipinski definition) is 2. The SMILES string of the molecule is CC1(C)C2CC1[C@@H](C/C=C\CCCC(=O)O)[C@H](C=O)C2. The van der Waals surface area contributed by atoms with Crippen molar-refractivity contribution in [3.05, 3.63) is 12.2 Å². The number of allylic oxidation sites excluding steroid dienone is 2. The predicted octanol–water partition coefficient (Wildman–Crippen LogP) is 3.68. The third-order valence-electron chi connectivity index (χ3n) is 5.68. The van der Waals surface area contributed by atoms with Crippen LogP contribution in [0.4, 0.5) is 0 Å². The van der Waals surface area contributed by atoms with Crippen molar-refractivity contribution in [3.8, 4) is 0 Å². The van der Waals surface area contributed by atoms with Crippen molar-refractivity contribution in [1.29, 1.82) is 0 Å². The fourth-order valence-electron chi connectivity index (χ4n) is 4.22. The lowest BCUT2D eigenvalue weighted by molar-refractivity contribution is -0.145. The molecule has 3 fully saturated rings. The molecule has 0 radical (unpaired) electrons. The minimum atomic E-state index is -0.728. The largest absolute Gasteiger partial charge is 0.481 e. The highest BCUT2D eigenvalue weighted by Crippen LogP contribution is 2.63. The fraction of sp³-hybridized carbons (Fsp3) is 0.765. The number of carboxylic acid groups (broad SMARTS) is 1. The lowest BCUT2D eigenvalue weighted by atomic mass is 9.43. The van der Waals surface area contributed by atoms with Gasteiger partial charge in [-0.1, -0.05) is 26.0 Å². The summed E-state index contributed by atoms with van der Waals surface area (Å²) < 4.78 is 0. The standard InChI is InChI=1S/C17H26O3/c1-17(2)13-9-12(11-18)14(15(17)10-13)7-5-3-4-6-8-16(19)20/h3,5,11-15H,4,6-10H2,1-2H3,(H,19,20)/b5-3-/t12-,13?,14-,15?/m0/s1. The van der Waals surface area contributed by atoms with E-state index < -0.39 is 5.97 Å². The van der Waals surface area contributed by atoms with Gasteiger partial charge < -0.3 is 9.90 Å². The number of carbonyl (C=O) groups is 2. The highest BCUT2D eigenvalue weighted by molar-refractivity contribution is 5.66. The zero-order chi connectivity index (χ0) is 14.8. The van der Waals surface area contributed by atoms with E-state index in [1.165, 1.54) is 6.42 Å². The average molecular weight is 278 g/mol. The van der Waals surface area contributed by atoms with Crippen LogP contribution >= 0.6 is 0 Å². The predicted molar refractivity (Wildman–Crippen MR) is 78.3 cm³/mol. The molecule has 0 aliphatic heterocycles. The van der Waals surface area contributed by atoms with E-state index in [0.29, 0.717) is 23.7 Å². The quantitative estimate of drug-likeness (QED) is 0.439. The molecular weight excluding hydrogens is 252 g/mol. The summed E-state index contributed by atoms with van der Waals surface area (Å²) in [5.41, 5.74) is 0.404. The van der Waals surface area contributed by atoms with Gasteiger partial charge in [0.05, 0.1) is 0 Å². The molecule has 0 saturated heterocycles. The Bertz CT molecular complexity index is 397. The smallest absolute Gasteiger partial charge is 0.303 e. The topological polar surface area (TPSA) is 54.4 Å². The first-order valence-corrected chi connectivity index (χ1v) is 7.79. The Balaban J connectivity index is 1.82. The molecule has 20 heavy (non-hydrogen) atoms. The van der Waals surface area contributed by atoms with Crippen molar-refractivity contribution in [1.82, 2.24) is 0 Å². The molecule has 3 aliphatic carbocycles. The van der Waals surface area contributed by atoms with E-state index >= 15 is 0 Å². The van der Waals surface area contributed by atoms with E-state index in [9.17, 15) is 9.59 Å². The van der Waals surface area contributed by atoms with Crippen molar-refractivity contribution >= 4 is 12.3 Å². The maximum absolute atomic E-state index is 11.3. The van der Waals surface area contributed by atoms with E-state index in [0.717, 1.165) is 31.5 Å². The molecule has 0 spiro atoms. The normalized spacial score (nSPS) is 34.7. The Labute approximate surface area is 121 Å². The van der Waals surface area contributed by atoms with Gasteiger partial charge in [0.1, 0.15) is 6.29 Å². The van der Waals surface area contributed by atoms with Crippen molar-refractivity contribution in [2.45, 2.75) is 52.4 Å². The van der Waals surface area contributed by atoms with Crippen molar-refractivity contribution in [2.75, 3.05) is 0 Å². The van der Waals surface area contributed by atoms with Crippen molar-refractivity contribution < 1.29 is 14.7 Å². The molecule has 112 valence electrons. The van der Waals surface area contributed by atoms with E-state index in [1.54, 1.807) is 0 Å². The minimum Gasteiger partial charge on any atom is -0.481 e. The summed E-state index contributed by atoms with van der Waals surface area (Å²) in [6.07, 6.45) is 10.5. The number of aldehydes is 1. The third kappa shape index (κ3) is 2.97. The van der Waals surface area contributed by atoms with Gasteiger partial charge >= 0.3 is 5.97 Å². The fourth-order valence-corrected chi connectivity index (χ4v) is 4.22. The summed E-state index contributed by atoms with van der Waals surface area (Å²) in [4.78, 5) is 21.7. The van der Waals surface area contributed by atoms with Gasteiger partial charge in [0.15, 0.2) is 0 Å². The minimum absolute atomic E-state index is 0.232. The second-order valence-electron chi connectivity index (χ2n) is 7.05. The van der Waals surface area contributed by atoms with Gasteiger partial charge in [-0.15, -0.1) is 0 Å². The first-order chi connectivity index (χ1) is 9.46. The molecule has 2 unspecified atom stereocenters. The molecule has 3 nitrogen and oxygen atoms in total. The first-order valence-electron chi connectivity index (χ1n) is 7.79. The van der Waals surface area contributed by atoms with Crippen LogP contribution < -0.4 is 0 Å². The molecule has 3 aliphatic rings. The molecule has 3 rings (SSSR count). The zero-order valence-electron chi connectivity index (χ0n) is 12.5. The number of rotatable bonds is 7. The molecular formula is C17H26O3. The molecule has 0 amide bonds. The number of carboxylic acids is 1. The van der Waals surface area contributed by atoms with Gasteiger partial charge in [0.25, 0.3) is 0 Å². The summed E-state index contributed by atoms with van der Waals surface area (Å²) in [7, 11) is 0. The average Bonchev–Trinajstić information content (AvgIpc) is 2.41. The van der Waals surface area contributed by atoms with Crippen LogP contribution in [0.25, 0.3) is 0 Å². The molecule has 2 bridgehead atoms. The van der Waals surface area contributed by atoms with Crippen LogP contribution in [0.5, 0.6) is 0 Å². The summed E-state index contributed by atoms with van der Waals surface area (Å²) in [5.74, 6) is 1.41. The van der Waals surface area contributed by atoms with E-state index in [-0.39, 0.29) is 12.3 Å². The number of unbranched alkanes of at least 4 members (excludes halogenated alkanes) is 1.